The lowest BCUT2D eigenvalue weighted by atomic mass is 9.87. The predicted octanol–water partition coefficient (Wildman–Crippen LogP) is -0.406. The van der Waals surface area contributed by atoms with E-state index in [9.17, 15) is 4.79 Å². The van der Waals surface area contributed by atoms with E-state index < -0.39 is 5.54 Å². The van der Waals surface area contributed by atoms with Gasteiger partial charge < -0.3 is 16.4 Å². The van der Waals surface area contributed by atoms with E-state index in [1.165, 1.54) is 0 Å². The molecule has 1 rings (SSSR count). The topological polar surface area (TPSA) is 67.1 Å². The zero-order valence-corrected chi connectivity index (χ0v) is 8.23. The normalized spacial score (nSPS) is 21.3. The van der Waals surface area contributed by atoms with Crippen molar-refractivity contribution < 1.29 is 4.79 Å². The van der Waals surface area contributed by atoms with E-state index in [0.29, 0.717) is 0 Å². The fourth-order valence-corrected chi connectivity index (χ4v) is 1.73. The summed E-state index contributed by atoms with van der Waals surface area (Å²) in [5.41, 5.74) is 4.97. The van der Waals surface area contributed by atoms with Gasteiger partial charge in [0.15, 0.2) is 0 Å². The van der Waals surface area contributed by atoms with Gasteiger partial charge in [0.1, 0.15) is 5.54 Å². The summed E-state index contributed by atoms with van der Waals surface area (Å²) in [7, 11) is 0. The molecule has 1 saturated heterocycles. The van der Waals surface area contributed by atoms with Gasteiger partial charge in [-0.1, -0.05) is 6.92 Å². The van der Waals surface area contributed by atoms with Gasteiger partial charge >= 0.3 is 0 Å². The first-order valence-corrected chi connectivity index (χ1v) is 4.97. The minimum Gasteiger partial charge on any atom is -0.368 e. The van der Waals surface area contributed by atoms with Crippen LogP contribution in [-0.2, 0) is 4.79 Å². The van der Waals surface area contributed by atoms with Crippen molar-refractivity contribution in [2.45, 2.75) is 31.7 Å². The van der Waals surface area contributed by atoms with Gasteiger partial charge in [-0.2, -0.15) is 0 Å². The highest BCUT2D eigenvalue weighted by Crippen LogP contribution is 2.17. The van der Waals surface area contributed by atoms with Crippen molar-refractivity contribution in [3.8, 4) is 0 Å². The third-order valence-corrected chi connectivity index (χ3v) is 2.64. The van der Waals surface area contributed by atoms with E-state index in [1.807, 2.05) is 0 Å². The molecule has 13 heavy (non-hydrogen) atoms. The molecular formula is C9H19N3O. The zero-order valence-electron chi connectivity index (χ0n) is 8.23. The van der Waals surface area contributed by atoms with Gasteiger partial charge in [-0.3, -0.25) is 4.79 Å². The minimum atomic E-state index is -0.443. The lowest BCUT2D eigenvalue weighted by Gasteiger charge is -2.35. The van der Waals surface area contributed by atoms with Gasteiger partial charge in [0.2, 0.25) is 5.91 Å². The quantitative estimate of drug-likeness (QED) is 0.558. The van der Waals surface area contributed by atoms with E-state index in [-0.39, 0.29) is 5.91 Å². The summed E-state index contributed by atoms with van der Waals surface area (Å²) in [6.45, 7) is 4.70. The number of nitrogens with one attached hydrogen (secondary N) is 2. The van der Waals surface area contributed by atoms with Crippen LogP contribution in [0.15, 0.2) is 0 Å². The molecule has 4 nitrogen and oxygen atoms in total. The molecule has 4 N–H and O–H groups in total. The average molecular weight is 185 g/mol. The monoisotopic (exact) mass is 185 g/mol. The Hall–Kier alpha value is -0.610. The molecule has 0 spiro atoms. The summed E-state index contributed by atoms with van der Waals surface area (Å²) in [5, 5.41) is 6.49. The first-order chi connectivity index (χ1) is 6.21. The highest BCUT2D eigenvalue weighted by atomic mass is 16.1. The number of piperidine rings is 1. The van der Waals surface area contributed by atoms with Crippen molar-refractivity contribution >= 4 is 5.91 Å². The summed E-state index contributed by atoms with van der Waals surface area (Å²) < 4.78 is 0. The van der Waals surface area contributed by atoms with E-state index in [1.54, 1.807) is 0 Å². The van der Waals surface area contributed by atoms with Crippen LogP contribution < -0.4 is 16.4 Å². The Balaban J connectivity index is 2.56. The van der Waals surface area contributed by atoms with E-state index in [2.05, 4.69) is 17.6 Å². The number of hydrogen-bond donors (Lipinski definition) is 3. The smallest absolute Gasteiger partial charge is 0.237 e. The number of primary amides is 1. The van der Waals surface area contributed by atoms with Crippen LogP contribution in [0.25, 0.3) is 0 Å². The second-order valence-corrected chi connectivity index (χ2v) is 3.62. The van der Waals surface area contributed by atoms with Crippen molar-refractivity contribution in [1.29, 1.82) is 0 Å². The Bertz CT molecular complexity index is 176. The fourth-order valence-electron chi connectivity index (χ4n) is 1.73. The van der Waals surface area contributed by atoms with Crippen molar-refractivity contribution in [3.05, 3.63) is 0 Å². The number of carbonyl (C=O) groups excluding carboxylic acids is 1. The van der Waals surface area contributed by atoms with E-state index in [0.717, 1.165) is 38.9 Å². The Morgan fingerprint density at radius 3 is 2.62 bits per heavy atom. The standard InChI is InChI=1S/C9H19N3O/c1-2-5-12-9(8(10)13)3-6-11-7-4-9/h11-12H,2-7H2,1H3,(H2,10,13). The molecule has 0 unspecified atom stereocenters. The fraction of sp³-hybridized carbons (Fsp3) is 0.889. The molecule has 4 heteroatoms. The van der Waals surface area contributed by atoms with Gasteiger partial charge in [0.05, 0.1) is 0 Å². The molecule has 0 saturated carbocycles. The molecule has 1 fully saturated rings. The van der Waals surface area contributed by atoms with Crippen molar-refractivity contribution in [2.75, 3.05) is 19.6 Å². The predicted molar refractivity (Wildman–Crippen MR) is 52.3 cm³/mol. The van der Waals surface area contributed by atoms with Gasteiger partial charge in [-0.25, -0.2) is 0 Å². The molecule has 0 aromatic heterocycles. The average Bonchev–Trinajstić information content (AvgIpc) is 2.16. The molecular weight excluding hydrogens is 166 g/mol. The summed E-state index contributed by atoms with van der Waals surface area (Å²) in [6.07, 6.45) is 2.65. The molecule has 1 amide bonds. The highest BCUT2D eigenvalue weighted by molar-refractivity contribution is 5.84. The summed E-state index contributed by atoms with van der Waals surface area (Å²) in [4.78, 5) is 11.3. The zero-order chi connectivity index (χ0) is 9.73. The molecule has 1 heterocycles. The summed E-state index contributed by atoms with van der Waals surface area (Å²) in [5.74, 6) is -0.206. The molecule has 1 aliphatic rings. The Kier molecular flexibility index (Phi) is 3.69. The van der Waals surface area contributed by atoms with Crippen LogP contribution in [0, 0.1) is 0 Å². The molecule has 0 aromatic rings. The molecule has 0 atom stereocenters. The highest BCUT2D eigenvalue weighted by Gasteiger charge is 2.36. The maximum atomic E-state index is 11.3. The summed E-state index contributed by atoms with van der Waals surface area (Å²) in [6, 6.07) is 0. The molecule has 1 aliphatic heterocycles. The second-order valence-electron chi connectivity index (χ2n) is 3.62. The Morgan fingerprint density at radius 2 is 2.15 bits per heavy atom. The van der Waals surface area contributed by atoms with E-state index in [4.69, 9.17) is 5.73 Å². The van der Waals surface area contributed by atoms with Crippen LogP contribution in [0.4, 0.5) is 0 Å². The van der Waals surface area contributed by atoms with Gasteiger partial charge in [0, 0.05) is 0 Å². The molecule has 0 bridgehead atoms. The Labute approximate surface area is 79.3 Å². The van der Waals surface area contributed by atoms with Crippen LogP contribution >= 0.6 is 0 Å². The van der Waals surface area contributed by atoms with Gasteiger partial charge in [-0.05, 0) is 38.9 Å². The number of nitrogens with two attached hydrogens (primary N) is 1. The minimum absolute atomic E-state index is 0.206. The molecule has 0 radical (unpaired) electrons. The van der Waals surface area contributed by atoms with Crippen LogP contribution in [0.5, 0.6) is 0 Å². The maximum absolute atomic E-state index is 11.3. The van der Waals surface area contributed by atoms with Crippen molar-refractivity contribution in [3.63, 3.8) is 0 Å². The van der Waals surface area contributed by atoms with Crippen molar-refractivity contribution in [1.82, 2.24) is 10.6 Å². The van der Waals surface area contributed by atoms with Gasteiger partial charge in [-0.15, -0.1) is 0 Å². The van der Waals surface area contributed by atoms with Crippen LogP contribution in [0.1, 0.15) is 26.2 Å². The number of hydrogen-bond acceptors (Lipinski definition) is 3. The number of amides is 1. The number of carbonyl (C=O) groups is 1. The molecule has 0 aromatic carbocycles. The lowest BCUT2D eigenvalue weighted by molar-refractivity contribution is -0.125. The van der Waals surface area contributed by atoms with Crippen LogP contribution in [0.3, 0.4) is 0 Å². The van der Waals surface area contributed by atoms with Crippen molar-refractivity contribution in [2.24, 2.45) is 5.73 Å². The molecule has 76 valence electrons. The van der Waals surface area contributed by atoms with Crippen LogP contribution in [-0.4, -0.2) is 31.1 Å². The summed E-state index contributed by atoms with van der Waals surface area (Å²) >= 11 is 0. The van der Waals surface area contributed by atoms with Gasteiger partial charge in [0.25, 0.3) is 0 Å². The first-order valence-electron chi connectivity index (χ1n) is 4.97. The maximum Gasteiger partial charge on any atom is 0.237 e. The van der Waals surface area contributed by atoms with E-state index >= 15 is 0 Å². The molecule has 0 aliphatic carbocycles. The third-order valence-electron chi connectivity index (χ3n) is 2.64. The first kappa shape index (κ1) is 10.5. The largest absolute Gasteiger partial charge is 0.368 e. The third kappa shape index (κ3) is 2.42. The SMILES string of the molecule is CCCNC1(C(N)=O)CCNCC1. The second kappa shape index (κ2) is 4.58. The lowest BCUT2D eigenvalue weighted by Crippen LogP contribution is -2.60. The van der Waals surface area contributed by atoms with Crippen LogP contribution in [0.2, 0.25) is 0 Å². The number of rotatable bonds is 4. The Morgan fingerprint density at radius 1 is 1.54 bits per heavy atom.